The Bertz CT molecular complexity index is 391. The lowest BCUT2D eigenvalue weighted by Gasteiger charge is -2.30. The molecule has 1 fully saturated rings. The molecule has 6 heteroatoms. The van der Waals surface area contributed by atoms with Gasteiger partial charge in [0.05, 0.1) is 31.9 Å². The highest BCUT2D eigenvalue weighted by molar-refractivity contribution is 5.23. The summed E-state index contributed by atoms with van der Waals surface area (Å²) in [7, 11) is 0. The molecule has 2 unspecified atom stereocenters. The van der Waals surface area contributed by atoms with Gasteiger partial charge in [-0.25, -0.2) is 13.2 Å². The van der Waals surface area contributed by atoms with Crippen LogP contribution in [0.3, 0.4) is 0 Å². The maximum Gasteiger partial charge on any atom is 0.194 e. The van der Waals surface area contributed by atoms with Crippen LogP contribution < -0.4 is 5.32 Å². The van der Waals surface area contributed by atoms with E-state index in [1.54, 1.807) is 0 Å². The van der Waals surface area contributed by atoms with Crippen LogP contribution in [-0.2, 0) is 4.74 Å². The minimum Gasteiger partial charge on any atom is -0.395 e. The van der Waals surface area contributed by atoms with E-state index in [2.05, 4.69) is 5.32 Å². The number of morpholine rings is 1. The lowest BCUT2D eigenvalue weighted by molar-refractivity contribution is 0.0263. The highest BCUT2D eigenvalue weighted by Gasteiger charge is 2.24. The van der Waals surface area contributed by atoms with Crippen molar-refractivity contribution in [3.8, 4) is 0 Å². The molecule has 1 aliphatic rings. The summed E-state index contributed by atoms with van der Waals surface area (Å²) >= 11 is 0. The number of halogens is 3. The molecule has 0 spiro atoms. The van der Waals surface area contributed by atoms with Gasteiger partial charge in [-0.2, -0.15) is 0 Å². The van der Waals surface area contributed by atoms with E-state index in [0.29, 0.717) is 6.61 Å². The van der Waals surface area contributed by atoms with Crippen LogP contribution >= 0.6 is 0 Å². The molecular weight excluding hydrogens is 235 g/mol. The second kappa shape index (κ2) is 5.03. The van der Waals surface area contributed by atoms with Gasteiger partial charge in [-0.3, -0.25) is 0 Å². The Morgan fingerprint density at radius 3 is 2.47 bits per heavy atom. The topological polar surface area (TPSA) is 41.5 Å². The number of rotatable bonds is 2. The smallest absolute Gasteiger partial charge is 0.194 e. The van der Waals surface area contributed by atoms with Gasteiger partial charge in [0, 0.05) is 0 Å². The van der Waals surface area contributed by atoms with E-state index in [1.807, 2.05) is 0 Å². The molecule has 94 valence electrons. The van der Waals surface area contributed by atoms with E-state index >= 15 is 0 Å². The fourth-order valence-corrected chi connectivity index (χ4v) is 1.78. The van der Waals surface area contributed by atoms with Crippen LogP contribution in [0.1, 0.15) is 11.6 Å². The Morgan fingerprint density at radius 1 is 1.24 bits per heavy atom. The van der Waals surface area contributed by atoms with E-state index in [0.717, 1.165) is 12.1 Å². The zero-order valence-corrected chi connectivity index (χ0v) is 8.92. The molecule has 1 aromatic rings. The molecule has 1 aromatic carbocycles. The first-order valence-corrected chi connectivity index (χ1v) is 5.21. The van der Waals surface area contributed by atoms with Crippen LogP contribution in [0.25, 0.3) is 0 Å². The SMILES string of the molecule is OCC1COCC(c2cc(F)c(F)c(F)c2)N1. The Kier molecular flexibility index (Phi) is 3.66. The van der Waals surface area contributed by atoms with Crippen LogP contribution in [0, 0.1) is 17.5 Å². The average Bonchev–Trinajstić information content (AvgIpc) is 2.35. The molecule has 0 aromatic heterocycles. The highest BCUT2D eigenvalue weighted by Crippen LogP contribution is 2.22. The normalized spacial score (nSPS) is 24.9. The number of benzene rings is 1. The molecule has 17 heavy (non-hydrogen) atoms. The van der Waals surface area contributed by atoms with Gasteiger partial charge in [0.1, 0.15) is 0 Å². The van der Waals surface area contributed by atoms with Gasteiger partial charge < -0.3 is 15.2 Å². The summed E-state index contributed by atoms with van der Waals surface area (Å²) in [5, 5.41) is 11.9. The van der Waals surface area contributed by atoms with E-state index in [-0.39, 0.29) is 24.8 Å². The monoisotopic (exact) mass is 247 g/mol. The molecule has 0 bridgehead atoms. The van der Waals surface area contributed by atoms with Crippen molar-refractivity contribution >= 4 is 0 Å². The fourth-order valence-electron chi connectivity index (χ4n) is 1.78. The second-order valence-electron chi connectivity index (χ2n) is 3.93. The molecular formula is C11H12F3NO2. The van der Waals surface area contributed by atoms with E-state index in [9.17, 15) is 13.2 Å². The van der Waals surface area contributed by atoms with Gasteiger partial charge in [0.25, 0.3) is 0 Å². The molecule has 0 saturated carbocycles. The van der Waals surface area contributed by atoms with Crippen LogP contribution in [0.4, 0.5) is 13.2 Å². The number of nitrogens with one attached hydrogen (secondary N) is 1. The molecule has 0 aliphatic carbocycles. The maximum absolute atomic E-state index is 13.0. The van der Waals surface area contributed by atoms with Crippen molar-refractivity contribution in [2.45, 2.75) is 12.1 Å². The third kappa shape index (κ3) is 2.59. The third-order valence-electron chi connectivity index (χ3n) is 2.67. The van der Waals surface area contributed by atoms with Crippen molar-refractivity contribution in [3.63, 3.8) is 0 Å². The average molecular weight is 247 g/mol. The van der Waals surface area contributed by atoms with Gasteiger partial charge in [0.2, 0.25) is 0 Å². The van der Waals surface area contributed by atoms with Crippen molar-refractivity contribution in [1.82, 2.24) is 5.32 Å². The highest BCUT2D eigenvalue weighted by atomic mass is 19.2. The van der Waals surface area contributed by atoms with Crippen molar-refractivity contribution in [1.29, 1.82) is 0 Å². The predicted molar refractivity (Wildman–Crippen MR) is 53.9 cm³/mol. The molecule has 0 radical (unpaired) electrons. The van der Waals surface area contributed by atoms with Gasteiger partial charge in [-0.1, -0.05) is 0 Å². The van der Waals surface area contributed by atoms with E-state index in [1.165, 1.54) is 0 Å². The lowest BCUT2D eigenvalue weighted by Crippen LogP contribution is -2.45. The van der Waals surface area contributed by atoms with Crippen LogP contribution in [0.15, 0.2) is 12.1 Å². The lowest BCUT2D eigenvalue weighted by atomic mass is 10.0. The number of hydrogen-bond donors (Lipinski definition) is 2. The number of ether oxygens (including phenoxy) is 1. The van der Waals surface area contributed by atoms with Crippen LogP contribution in [0.5, 0.6) is 0 Å². The quantitative estimate of drug-likeness (QED) is 0.770. The first kappa shape index (κ1) is 12.3. The standard InChI is InChI=1S/C11H12F3NO2/c12-8-1-6(2-9(13)11(8)14)10-5-17-4-7(3-16)15-10/h1-2,7,10,15-16H,3-5H2. The summed E-state index contributed by atoms with van der Waals surface area (Å²) in [6.07, 6.45) is 0. The van der Waals surface area contributed by atoms with Crippen molar-refractivity contribution in [2.75, 3.05) is 19.8 Å². The summed E-state index contributed by atoms with van der Waals surface area (Å²) in [6.45, 7) is 0.419. The van der Waals surface area contributed by atoms with Gasteiger partial charge in [-0.15, -0.1) is 0 Å². The van der Waals surface area contributed by atoms with Crippen LogP contribution in [-0.4, -0.2) is 31.0 Å². The molecule has 2 N–H and O–H groups in total. The van der Waals surface area contributed by atoms with Gasteiger partial charge in [0.15, 0.2) is 17.5 Å². The van der Waals surface area contributed by atoms with E-state index in [4.69, 9.17) is 9.84 Å². The molecule has 1 heterocycles. The Hall–Kier alpha value is -1.11. The summed E-state index contributed by atoms with van der Waals surface area (Å²) in [6, 6.07) is 1.12. The predicted octanol–water partition coefficient (Wildman–Crippen LogP) is 1.13. The Morgan fingerprint density at radius 2 is 1.88 bits per heavy atom. The maximum atomic E-state index is 13.0. The van der Waals surface area contributed by atoms with Crippen LogP contribution in [0.2, 0.25) is 0 Å². The van der Waals surface area contributed by atoms with Crippen molar-refractivity contribution in [2.24, 2.45) is 0 Å². The summed E-state index contributed by atoms with van der Waals surface area (Å²) < 4.78 is 44.1. The number of hydrogen-bond acceptors (Lipinski definition) is 3. The minimum absolute atomic E-state index is 0.136. The molecule has 2 atom stereocenters. The summed E-state index contributed by atoms with van der Waals surface area (Å²) in [4.78, 5) is 0. The zero-order valence-electron chi connectivity index (χ0n) is 8.92. The number of aliphatic hydroxyl groups is 1. The summed E-state index contributed by atoms with van der Waals surface area (Å²) in [5.41, 5.74) is 0.263. The first-order chi connectivity index (χ1) is 8.11. The molecule has 0 amide bonds. The molecule has 1 saturated heterocycles. The molecule has 1 aliphatic heterocycles. The zero-order chi connectivity index (χ0) is 12.4. The molecule has 2 rings (SSSR count). The minimum atomic E-state index is -1.48. The van der Waals surface area contributed by atoms with Crippen molar-refractivity contribution in [3.05, 3.63) is 35.1 Å². The van der Waals surface area contributed by atoms with Crippen molar-refractivity contribution < 1.29 is 23.0 Å². The van der Waals surface area contributed by atoms with Gasteiger partial charge >= 0.3 is 0 Å². The second-order valence-corrected chi connectivity index (χ2v) is 3.93. The largest absolute Gasteiger partial charge is 0.395 e. The first-order valence-electron chi connectivity index (χ1n) is 5.21. The summed E-state index contributed by atoms with van der Waals surface area (Å²) in [5.74, 6) is -3.94. The number of aliphatic hydroxyl groups excluding tert-OH is 1. The Balaban J connectivity index is 2.22. The molecule has 3 nitrogen and oxygen atoms in total. The van der Waals surface area contributed by atoms with Gasteiger partial charge in [-0.05, 0) is 17.7 Å². The van der Waals surface area contributed by atoms with E-state index < -0.39 is 23.5 Å². The fraction of sp³-hybridized carbons (Fsp3) is 0.455. The Labute approximate surface area is 96.2 Å². The third-order valence-corrected chi connectivity index (χ3v) is 2.67.